The minimum absolute atomic E-state index is 0.0266. The average molecular weight is 363 g/mol. The number of rotatable bonds is 7. The molecule has 1 aliphatic heterocycles. The standard InChI is InChI=1S/C20H30FN3O2/c21-18-7-5-17(6-8-18)20(16-3-1-2-4-16)22-19(26)15-24-11-9-23(10-12-24)13-14-25/h5-8,16,20,25H,1-4,9-15H2,(H,22,26). The van der Waals surface area contributed by atoms with Crippen molar-refractivity contribution in [3.8, 4) is 0 Å². The molecule has 1 atom stereocenters. The fourth-order valence-corrected chi connectivity index (χ4v) is 4.17. The first-order valence-corrected chi connectivity index (χ1v) is 9.76. The molecule has 1 aromatic carbocycles. The van der Waals surface area contributed by atoms with Gasteiger partial charge in [-0.3, -0.25) is 14.6 Å². The minimum Gasteiger partial charge on any atom is -0.395 e. The zero-order valence-corrected chi connectivity index (χ0v) is 15.4. The third kappa shape index (κ3) is 5.25. The van der Waals surface area contributed by atoms with Gasteiger partial charge in [-0.15, -0.1) is 0 Å². The van der Waals surface area contributed by atoms with Gasteiger partial charge in [0.2, 0.25) is 5.91 Å². The van der Waals surface area contributed by atoms with Crippen molar-refractivity contribution >= 4 is 5.91 Å². The molecule has 1 saturated heterocycles. The number of hydrogen-bond donors (Lipinski definition) is 2. The Morgan fingerprint density at radius 1 is 1.12 bits per heavy atom. The predicted octanol–water partition coefficient (Wildman–Crippen LogP) is 1.78. The Labute approximate surface area is 155 Å². The second kappa shape index (κ2) is 9.44. The van der Waals surface area contributed by atoms with Crippen molar-refractivity contribution in [1.29, 1.82) is 0 Å². The van der Waals surface area contributed by atoms with Gasteiger partial charge in [0.25, 0.3) is 0 Å². The van der Waals surface area contributed by atoms with Gasteiger partial charge in [0.05, 0.1) is 19.2 Å². The fourth-order valence-electron chi connectivity index (χ4n) is 4.17. The summed E-state index contributed by atoms with van der Waals surface area (Å²) in [5.41, 5.74) is 0.999. The molecule has 0 aromatic heterocycles. The molecule has 0 bridgehead atoms. The van der Waals surface area contributed by atoms with E-state index in [2.05, 4.69) is 15.1 Å². The zero-order chi connectivity index (χ0) is 18.4. The molecule has 1 amide bonds. The largest absolute Gasteiger partial charge is 0.395 e. The number of nitrogens with zero attached hydrogens (tertiary/aromatic N) is 2. The molecular weight excluding hydrogens is 333 g/mol. The third-order valence-corrected chi connectivity index (χ3v) is 5.67. The minimum atomic E-state index is -0.244. The van der Waals surface area contributed by atoms with E-state index in [-0.39, 0.29) is 24.4 Å². The number of nitrogens with one attached hydrogen (secondary N) is 1. The third-order valence-electron chi connectivity index (χ3n) is 5.67. The number of aliphatic hydroxyl groups excluding tert-OH is 1. The van der Waals surface area contributed by atoms with E-state index in [0.29, 0.717) is 19.0 Å². The monoisotopic (exact) mass is 363 g/mol. The Hall–Kier alpha value is -1.50. The van der Waals surface area contributed by atoms with Crippen molar-refractivity contribution in [2.75, 3.05) is 45.9 Å². The highest BCUT2D eigenvalue weighted by atomic mass is 19.1. The van der Waals surface area contributed by atoms with E-state index in [1.165, 1.54) is 25.0 Å². The fraction of sp³-hybridized carbons (Fsp3) is 0.650. The lowest BCUT2D eigenvalue weighted by molar-refractivity contribution is -0.123. The van der Waals surface area contributed by atoms with Gasteiger partial charge in [0, 0.05) is 32.7 Å². The molecule has 26 heavy (non-hydrogen) atoms. The summed E-state index contributed by atoms with van der Waals surface area (Å²) in [5.74, 6) is 0.235. The lowest BCUT2D eigenvalue weighted by atomic mass is 9.91. The van der Waals surface area contributed by atoms with Gasteiger partial charge in [-0.25, -0.2) is 4.39 Å². The number of piperazine rings is 1. The summed E-state index contributed by atoms with van der Waals surface area (Å²) in [5, 5.41) is 12.2. The van der Waals surface area contributed by atoms with Gasteiger partial charge >= 0.3 is 0 Å². The molecule has 2 N–H and O–H groups in total. The van der Waals surface area contributed by atoms with Crippen LogP contribution in [0, 0.1) is 11.7 Å². The first kappa shape index (κ1) is 19.3. The molecule has 5 nitrogen and oxygen atoms in total. The second-order valence-corrected chi connectivity index (χ2v) is 7.48. The molecule has 2 fully saturated rings. The topological polar surface area (TPSA) is 55.8 Å². The van der Waals surface area contributed by atoms with Crippen molar-refractivity contribution in [2.24, 2.45) is 5.92 Å². The van der Waals surface area contributed by atoms with Crippen LogP contribution in [0.4, 0.5) is 4.39 Å². The smallest absolute Gasteiger partial charge is 0.234 e. The lowest BCUT2D eigenvalue weighted by Gasteiger charge is -2.34. The zero-order valence-electron chi connectivity index (χ0n) is 15.4. The van der Waals surface area contributed by atoms with Gasteiger partial charge in [-0.1, -0.05) is 25.0 Å². The van der Waals surface area contributed by atoms with Crippen LogP contribution in [0.1, 0.15) is 37.3 Å². The summed E-state index contributed by atoms with van der Waals surface area (Å²) in [7, 11) is 0. The maximum absolute atomic E-state index is 13.3. The number of aliphatic hydroxyl groups is 1. The van der Waals surface area contributed by atoms with Crippen LogP contribution >= 0.6 is 0 Å². The predicted molar refractivity (Wildman–Crippen MR) is 99.2 cm³/mol. The molecule has 3 rings (SSSR count). The number of hydrogen-bond acceptors (Lipinski definition) is 4. The second-order valence-electron chi connectivity index (χ2n) is 7.48. The Morgan fingerprint density at radius 2 is 1.73 bits per heavy atom. The molecule has 1 heterocycles. The van der Waals surface area contributed by atoms with E-state index < -0.39 is 0 Å². The number of amides is 1. The Balaban J connectivity index is 1.56. The van der Waals surface area contributed by atoms with Crippen molar-refractivity contribution in [3.63, 3.8) is 0 Å². The summed E-state index contributed by atoms with van der Waals surface area (Å²) in [6.45, 7) is 4.75. The molecule has 0 spiro atoms. The van der Waals surface area contributed by atoms with Crippen LogP contribution in [0.5, 0.6) is 0 Å². The van der Waals surface area contributed by atoms with Gasteiger partial charge < -0.3 is 10.4 Å². The summed E-state index contributed by atoms with van der Waals surface area (Å²) in [6, 6.07) is 6.52. The molecule has 0 radical (unpaired) electrons. The normalized spacial score (nSPS) is 21.0. The number of carbonyl (C=O) groups is 1. The van der Waals surface area contributed by atoms with E-state index in [0.717, 1.165) is 44.6 Å². The van der Waals surface area contributed by atoms with E-state index in [1.54, 1.807) is 12.1 Å². The molecular formula is C20H30FN3O2. The molecule has 1 saturated carbocycles. The van der Waals surface area contributed by atoms with Gasteiger partial charge in [-0.05, 0) is 36.5 Å². The number of benzene rings is 1. The van der Waals surface area contributed by atoms with Crippen LogP contribution in [0.2, 0.25) is 0 Å². The van der Waals surface area contributed by atoms with Crippen molar-refractivity contribution in [3.05, 3.63) is 35.6 Å². The highest BCUT2D eigenvalue weighted by molar-refractivity contribution is 5.78. The van der Waals surface area contributed by atoms with Crippen molar-refractivity contribution < 1.29 is 14.3 Å². The first-order valence-electron chi connectivity index (χ1n) is 9.76. The average Bonchev–Trinajstić information content (AvgIpc) is 3.17. The van der Waals surface area contributed by atoms with E-state index in [4.69, 9.17) is 5.11 Å². The number of β-amino-alcohol motifs (C(OH)–C–C–N with tert-alkyl or cyclic N) is 1. The summed E-state index contributed by atoms with van der Waals surface area (Å²) >= 11 is 0. The Kier molecular flexibility index (Phi) is 7.00. The van der Waals surface area contributed by atoms with Gasteiger partial charge in [0.15, 0.2) is 0 Å². The van der Waals surface area contributed by atoms with Crippen LogP contribution < -0.4 is 5.32 Å². The first-order chi connectivity index (χ1) is 12.7. The van der Waals surface area contributed by atoms with Crippen molar-refractivity contribution in [1.82, 2.24) is 15.1 Å². The van der Waals surface area contributed by atoms with Gasteiger partial charge in [0.1, 0.15) is 5.82 Å². The Morgan fingerprint density at radius 3 is 2.35 bits per heavy atom. The van der Waals surface area contributed by atoms with Crippen LogP contribution in [0.25, 0.3) is 0 Å². The molecule has 1 unspecified atom stereocenters. The maximum atomic E-state index is 13.3. The van der Waals surface area contributed by atoms with E-state index in [1.807, 2.05) is 0 Å². The van der Waals surface area contributed by atoms with Crippen LogP contribution in [0.15, 0.2) is 24.3 Å². The highest BCUT2D eigenvalue weighted by Crippen LogP contribution is 2.35. The number of carbonyl (C=O) groups excluding carboxylic acids is 1. The summed E-state index contributed by atoms with van der Waals surface area (Å²) in [6.07, 6.45) is 4.63. The molecule has 1 aliphatic carbocycles. The number of halogens is 1. The Bertz CT molecular complexity index is 567. The van der Waals surface area contributed by atoms with E-state index in [9.17, 15) is 9.18 Å². The maximum Gasteiger partial charge on any atom is 0.234 e. The summed E-state index contributed by atoms with van der Waals surface area (Å²) in [4.78, 5) is 17.0. The quantitative estimate of drug-likeness (QED) is 0.775. The summed E-state index contributed by atoms with van der Waals surface area (Å²) < 4.78 is 13.3. The van der Waals surface area contributed by atoms with Crippen LogP contribution in [-0.2, 0) is 4.79 Å². The molecule has 2 aliphatic rings. The van der Waals surface area contributed by atoms with E-state index >= 15 is 0 Å². The van der Waals surface area contributed by atoms with Gasteiger partial charge in [-0.2, -0.15) is 0 Å². The van der Waals surface area contributed by atoms with Crippen molar-refractivity contribution in [2.45, 2.75) is 31.7 Å². The lowest BCUT2D eigenvalue weighted by Crippen LogP contribution is -2.50. The van der Waals surface area contributed by atoms with Crippen LogP contribution in [-0.4, -0.2) is 66.7 Å². The molecule has 6 heteroatoms. The SMILES string of the molecule is O=C(CN1CCN(CCO)CC1)NC(c1ccc(F)cc1)C1CCCC1. The van der Waals surface area contributed by atoms with Crippen LogP contribution in [0.3, 0.4) is 0 Å². The molecule has 1 aromatic rings. The molecule has 144 valence electrons. The highest BCUT2D eigenvalue weighted by Gasteiger charge is 2.28.